The van der Waals surface area contributed by atoms with Crippen LogP contribution in [-0.4, -0.2) is 10.3 Å². The summed E-state index contributed by atoms with van der Waals surface area (Å²) in [6, 6.07) is 5.73. The first-order valence-corrected chi connectivity index (χ1v) is 5.32. The van der Waals surface area contributed by atoms with Gasteiger partial charge in [0.2, 0.25) is 0 Å². The molecule has 0 aromatic carbocycles. The molecule has 1 aromatic rings. The molecule has 0 amide bonds. The molecular formula is C12H9ClN4. The van der Waals surface area contributed by atoms with Crippen molar-refractivity contribution in [1.82, 2.24) is 10.3 Å². The van der Waals surface area contributed by atoms with E-state index in [-0.39, 0.29) is 5.29 Å². The highest BCUT2D eigenvalue weighted by atomic mass is 35.5. The lowest BCUT2D eigenvalue weighted by molar-refractivity contribution is 1.10. The van der Waals surface area contributed by atoms with Gasteiger partial charge in [-0.25, -0.2) is 4.99 Å². The summed E-state index contributed by atoms with van der Waals surface area (Å²) in [4.78, 5) is 7.85. The Labute approximate surface area is 104 Å². The molecule has 17 heavy (non-hydrogen) atoms. The van der Waals surface area contributed by atoms with E-state index < -0.39 is 0 Å². The predicted octanol–water partition coefficient (Wildman–Crippen LogP) is 2.42. The fraction of sp³-hybridized carbons (Fsp3) is 0.0833. The van der Waals surface area contributed by atoms with Crippen LogP contribution >= 0.6 is 11.6 Å². The molecule has 0 unspecified atom stereocenters. The number of allylic oxidation sites excluding steroid dienone is 2. The van der Waals surface area contributed by atoms with Crippen molar-refractivity contribution in [1.29, 1.82) is 5.26 Å². The fourth-order valence-corrected chi connectivity index (χ4v) is 1.64. The Morgan fingerprint density at radius 1 is 1.41 bits per heavy atom. The van der Waals surface area contributed by atoms with E-state index >= 15 is 0 Å². The molecule has 5 heteroatoms. The lowest BCUT2D eigenvalue weighted by Crippen LogP contribution is -2.22. The maximum atomic E-state index is 9.26. The summed E-state index contributed by atoms with van der Waals surface area (Å²) in [7, 11) is 0. The van der Waals surface area contributed by atoms with Gasteiger partial charge >= 0.3 is 0 Å². The maximum absolute atomic E-state index is 9.26. The van der Waals surface area contributed by atoms with Crippen LogP contribution in [0, 0.1) is 11.3 Å². The Hall–Kier alpha value is -2.12. The minimum Gasteiger partial charge on any atom is -0.329 e. The standard InChI is InChI=1S/C12H9ClN4/c1-8-7-16-12(13)17-11(8)10(6-14)9-2-4-15-5-3-9/h2-5,7H,1H3,(H,16,17). The second-order valence-electron chi connectivity index (χ2n) is 3.45. The number of hydrogen-bond donors (Lipinski definition) is 1. The van der Waals surface area contributed by atoms with Gasteiger partial charge in [0.25, 0.3) is 0 Å². The molecule has 2 rings (SSSR count). The van der Waals surface area contributed by atoms with Crippen LogP contribution in [0.5, 0.6) is 0 Å². The minimum absolute atomic E-state index is 0.257. The number of rotatable bonds is 1. The van der Waals surface area contributed by atoms with Crippen molar-refractivity contribution in [2.45, 2.75) is 6.92 Å². The van der Waals surface area contributed by atoms with Gasteiger partial charge in [-0.3, -0.25) is 4.98 Å². The van der Waals surface area contributed by atoms with Crippen molar-refractivity contribution in [2.75, 3.05) is 0 Å². The van der Waals surface area contributed by atoms with Gasteiger partial charge in [-0.1, -0.05) is 0 Å². The van der Waals surface area contributed by atoms with E-state index in [1.165, 1.54) is 0 Å². The Morgan fingerprint density at radius 2 is 2.12 bits per heavy atom. The zero-order valence-corrected chi connectivity index (χ0v) is 9.86. The second-order valence-corrected chi connectivity index (χ2v) is 3.81. The Morgan fingerprint density at radius 3 is 2.76 bits per heavy atom. The van der Waals surface area contributed by atoms with E-state index in [0.717, 1.165) is 11.1 Å². The van der Waals surface area contributed by atoms with E-state index in [9.17, 15) is 5.26 Å². The number of aliphatic imine (C=N–C) groups is 1. The van der Waals surface area contributed by atoms with Crippen molar-refractivity contribution in [3.8, 4) is 6.07 Å². The van der Waals surface area contributed by atoms with Gasteiger partial charge in [-0.15, -0.1) is 0 Å². The molecule has 0 bridgehead atoms. The summed E-state index contributed by atoms with van der Waals surface area (Å²) < 4.78 is 0. The third kappa shape index (κ3) is 2.35. The molecule has 2 heterocycles. The number of nitriles is 1. The van der Waals surface area contributed by atoms with E-state index in [4.69, 9.17) is 11.6 Å². The normalized spacial score (nSPS) is 17.5. The van der Waals surface area contributed by atoms with Crippen LogP contribution in [-0.2, 0) is 0 Å². The van der Waals surface area contributed by atoms with Gasteiger partial charge in [0, 0.05) is 18.6 Å². The predicted molar refractivity (Wildman–Crippen MR) is 67.0 cm³/mol. The van der Waals surface area contributed by atoms with Crippen LogP contribution in [0.2, 0.25) is 0 Å². The topological polar surface area (TPSA) is 61.1 Å². The summed E-state index contributed by atoms with van der Waals surface area (Å²) in [5, 5.41) is 12.4. The Balaban J connectivity index is 2.54. The summed E-state index contributed by atoms with van der Waals surface area (Å²) >= 11 is 5.80. The number of pyridine rings is 1. The third-order valence-electron chi connectivity index (χ3n) is 2.32. The van der Waals surface area contributed by atoms with Crippen LogP contribution in [0.15, 0.2) is 47.0 Å². The lowest BCUT2D eigenvalue weighted by atomic mass is 10.0. The van der Waals surface area contributed by atoms with E-state index in [0.29, 0.717) is 11.3 Å². The number of nitrogens with one attached hydrogen (secondary N) is 1. The second kappa shape index (κ2) is 4.81. The Kier molecular flexibility index (Phi) is 3.22. The number of nitrogens with zero attached hydrogens (tertiary/aromatic N) is 3. The van der Waals surface area contributed by atoms with Crippen LogP contribution in [0.25, 0.3) is 5.57 Å². The molecule has 0 fully saturated rings. The SMILES string of the molecule is CC1=CN=C(Cl)NC1=C(C#N)c1ccncc1. The van der Waals surface area contributed by atoms with Gasteiger partial charge in [-0.05, 0) is 41.8 Å². The first-order chi connectivity index (χ1) is 8.22. The Bertz CT molecular complexity index is 564. The molecule has 0 spiro atoms. The monoisotopic (exact) mass is 244 g/mol. The summed E-state index contributed by atoms with van der Waals surface area (Å²) in [6.45, 7) is 1.87. The smallest absolute Gasteiger partial charge is 0.200 e. The van der Waals surface area contributed by atoms with Gasteiger partial charge in [-0.2, -0.15) is 5.26 Å². The zero-order chi connectivity index (χ0) is 12.3. The van der Waals surface area contributed by atoms with Crippen LogP contribution in [0.3, 0.4) is 0 Å². The van der Waals surface area contributed by atoms with Gasteiger partial charge < -0.3 is 5.32 Å². The molecule has 4 nitrogen and oxygen atoms in total. The quantitative estimate of drug-likeness (QED) is 0.610. The molecule has 0 atom stereocenters. The summed E-state index contributed by atoms with van der Waals surface area (Å²) in [5.41, 5.74) is 2.86. The average Bonchev–Trinajstić information content (AvgIpc) is 2.36. The summed E-state index contributed by atoms with van der Waals surface area (Å²) in [6.07, 6.45) is 4.92. The van der Waals surface area contributed by atoms with Crippen molar-refractivity contribution in [3.63, 3.8) is 0 Å². The van der Waals surface area contributed by atoms with E-state index in [1.54, 1.807) is 30.7 Å². The highest BCUT2D eigenvalue weighted by Crippen LogP contribution is 2.23. The van der Waals surface area contributed by atoms with E-state index in [2.05, 4.69) is 21.4 Å². The molecule has 1 aliphatic rings. The van der Waals surface area contributed by atoms with Crippen molar-refractivity contribution >= 4 is 22.5 Å². The average molecular weight is 245 g/mol. The number of halogens is 1. The first-order valence-electron chi connectivity index (χ1n) is 4.94. The first kappa shape index (κ1) is 11.4. The van der Waals surface area contributed by atoms with Crippen LogP contribution in [0.4, 0.5) is 0 Å². The largest absolute Gasteiger partial charge is 0.329 e. The molecule has 0 radical (unpaired) electrons. The summed E-state index contributed by atoms with van der Waals surface area (Å²) in [5.74, 6) is 0. The molecule has 0 saturated carbocycles. The highest BCUT2D eigenvalue weighted by Gasteiger charge is 2.14. The molecular weight excluding hydrogens is 236 g/mol. The van der Waals surface area contributed by atoms with E-state index in [1.807, 2.05) is 6.92 Å². The van der Waals surface area contributed by atoms with Crippen molar-refractivity contribution in [2.24, 2.45) is 4.99 Å². The zero-order valence-electron chi connectivity index (χ0n) is 9.11. The number of aromatic nitrogens is 1. The van der Waals surface area contributed by atoms with Crippen LogP contribution in [0.1, 0.15) is 12.5 Å². The molecule has 1 aliphatic heterocycles. The molecule has 0 saturated heterocycles. The molecule has 84 valence electrons. The number of hydrogen-bond acceptors (Lipinski definition) is 4. The fourth-order valence-electron chi connectivity index (χ4n) is 1.50. The number of amidine groups is 1. The minimum atomic E-state index is 0.257. The van der Waals surface area contributed by atoms with Crippen molar-refractivity contribution < 1.29 is 0 Å². The highest BCUT2D eigenvalue weighted by molar-refractivity contribution is 6.65. The maximum Gasteiger partial charge on any atom is 0.200 e. The van der Waals surface area contributed by atoms with Crippen LogP contribution < -0.4 is 5.32 Å². The lowest BCUT2D eigenvalue weighted by Gasteiger charge is -2.15. The molecule has 1 N–H and O–H groups in total. The van der Waals surface area contributed by atoms with Gasteiger partial charge in [0.05, 0.1) is 11.3 Å². The van der Waals surface area contributed by atoms with Crippen molar-refractivity contribution in [3.05, 3.63) is 47.6 Å². The third-order valence-corrected chi connectivity index (χ3v) is 2.52. The molecule has 0 aliphatic carbocycles. The molecule has 1 aromatic heterocycles. The van der Waals surface area contributed by atoms with Gasteiger partial charge in [0.15, 0.2) is 5.29 Å². The van der Waals surface area contributed by atoms with Gasteiger partial charge in [0.1, 0.15) is 6.07 Å².